The highest BCUT2D eigenvalue weighted by molar-refractivity contribution is 6.37. The van der Waals surface area contributed by atoms with Gasteiger partial charge in [0.05, 0.1) is 18.2 Å². The van der Waals surface area contributed by atoms with Gasteiger partial charge in [0.2, 0.25) is 0 Å². The van der Waals surface area contributed by atoms with Crippen molar-refractivity contribution in [3.63, 3.8) is 0 Å². The first-order chi connectivity index (χ1) is 14.1. The molecule has 0 saturated heterocycles. The maximum absolute atomic E-state index is 10.8. The quantitative estimate of drug-likeness (QED) is 0.554. The molecule has 1 aliphatic rings. The van der Waals surface area contributed by atoms with Crippen LogP contribution in [0.25, 0.3) is 10.8 Å². The highest BCUT2D eigenvalue weighted by Gasteiger charge is 2.17. The second kappa shape index (κ2) is 9.00. The van der Waals surface area contributed by atoms with Gasteiger partial charge in [-0.25, -0.2) is 0 Å². The molecule has 1 N–H and O–H groups in total. The first kappa shape index (κ1) is 20.0. The molecular formula is C25H26ClNO2. The number of ether oxygens (including phenoxy) is 1. The average Bonchev–Trinajstić information content (AvgIpc) is 2.76. The molecule has 1 unspecified atom stereocenters. The van der Waals surface area contributed by atoms with Crippen molar-refractivity contribution in [3.8, 4) is 5.75 Å². The van der Waals surface area contributed by atoms with Gasteiger partial charge in [-0.3, -0.25) is 4.90 Å². The maximum Gasteiger partial charge on any atom is 0.138 e. The van der Waals surface area contributed by atoms with E-state index in [2.05, 4.69) is 41.3 Å². The third-order valence-corrected chi connectivity index (χ3v) is 6.03. The Morgan fingerprint density at radius 1 is 1.10 bits per heavy atom. The van der Waals surface area contributed by atoms with E-state index in [-0.39, 0.29) is 0 Å². The fourth-order valence-corrected chi connectivity index (χ4v) is 4.26. The SMILES string of the molecule is COc1ccc2cc(C(O)CN3CC=C(Cc4ccccc4)CC3)ccc2c1Cl. The molecule has 1 atom stereocenters. The van der Waals surface area contributed by atoms with Crippen LogP contribution in [-0.4, -0.2) is 36.8 Å². The van der Waals surface area contributed by atoms with E-state index in [0.29, 0.717) is 17.3 Å². The van der Waals surface area contributed by atoms with Gasteiger partial charge in [0.15, 0.2) is 0 Å². The Hall–Kier alpha value is -2.33. The fraction of sp³-hybridized carbons (Fsp3) is 0.280. The number of rotatable bonds is 6. The third kappa shape index (κ3) is 4.64. The van der Waals surface area contributed by atoms with Gasteiger partial charge in [-0.1, -0.05) is 71.8 Å². The summed E-state index contributed by atoms with van der Waals surface area (Å²) < 4.78 is 5.28. The molecule has 3 aromatic rings. The Kier molecular flexibility index (Phi) is 6.19. The van der Waals surface area contributed by atoms with Gasteiger partial charge in [-0.05, 0) is 41.5 Å². The lowest BCUT2D eigenvalue weighted by Crippen LogP contribution is -2.33. The molecule has 1 aliphatic heterocycles. The number of hydrogen-bond donors (Lipinski definition) is 1. The summed E-state index contributed by atoms with van der Waals surface area (Å²) in [7, 11) is 1.61. The van der Waals surface area contributed by atoms with Crippen LogP contribution in [0, 0.1) is 0 Å². The second-order valence-corrected chi connectivity index (χ2v) is 7.99. The molecule has 150 valence electrons. The Morgan fingerprint density at radius 2 is 1.93 bits per heavy atom. The van der Waals surface area contributed by atoms with Crippen LogP contribution >= 0.6 is 11.6 Å². The number of β-amino-alcohol motifs (C(OH)–C–C–N with tert-alkyl or cyclic N) is 1. The number of aliphatic hydroxyl groups excluding tert-OH is 1. The smallest absolute Gasteiger partial charge is 0.138 e. The van der Waals surface area contributed by atoms with E-state index in [1.54, 1.807) is 7.11 Å². The van der Waals surface area contributed by atoms with Crippen LogP contribution in [0.15, 0.2) is 72.3 Å². The van der Waals surface area contributed by atoms with E-state index in [9.17, 15) is 5.11 Å². The number of halogens is 1. The largest absolute Gasteiger partial charge is 0.495 e. The number of benzene rings is 3. The number of hydrogen-bond acceptors (Lipinski definition) is 3. The second-order valence-electron chi connectivity index (χ2n) is 7.61. The minimum Gasteiger partial charge on any atom is -0.495 e. The molecule has 0 bridgehead atoms. The van der Waals surface area contributed by atoms with Crippen LogP contribution in [0.1, 0.15) is 23.7 Å². The number of fused-ring (bicyclic) bond motifs is 1. The predicted molar refractivity (Wildman–Crippen MR) is 120 cm³/mol. The van der Waals surface area contributed by atoms with Crippen LogP contribution < -0.4 is 4.74 Å². The Bertz CT molecular complexity index is 1020. The molecule has 0 aliphatic carbocycles. The summed E-state index contributed by atoms with van der Waals surface area (Å²) in [5, 5.41) is 13.3. The molecule has 29 heavy (non-hydrogen) atoms. The predicted octanol–water partition coefficient (Wildman–Crippen LogP) is 5.41. The van der Waals surface area contributed by atoms with Gasteiger partial charge >= 0.3 is 0 Å². The first-order valence-electron chi connectivity index (χ1n) is 10.0. The number of nitrogens with zero attached hydrogens (tertiary/aromatic N) is 1. The molecule has 0 radical (unpaired) electrons. The van der Waals surface area contributed by atoms with Crippen LogP contribution in [-0.2, 0) is 6.42 Å². The lowest BCUT2D eigenvalue weighted by molar-refractivity contribution is 0.117. The van der Waals surface area contributed by atoms with Crippen molar-refractivity contribution in [1.29, 1.82) is 0 Å². The van der Waals surface area contributed by atoms with Crippen LogP contribution in [0.2, 0.25) is 5.02 Å². The van der Waals surface area contributed by atoms with Gasteiger partial charge < -0.3 is 9.84 Å². The zero-order valence-corrected chi connectivity index (χ0v) is 17.4. The van der Waals surface area contributed by atoms with E-state index in [1.165, 1.54) is 11.1 Å². The van der Waals surface area contributed by atoms with Gasteiger partial charge in [-0.2, -0.15) is 0 Å². The highest BCUT2D eigenvalue weighted by atomic mass is 35.5. The van der Waals surface area contributed by atoms with Gasteiger partial charge in [0, 0.05) is 25.0 Å². The van der Waals surface area contributed by atoms with Crippen LogP contribution in [0.5, 0.6) is 5.75 Å². The van der Waals surface area contributed by atoms with Crippen molar-refractivity contribution in [2.24, 2.45) is 0 Å². The zero-order chi connectivity index (χ0) is 20.2. The van der Waals surface area contributed by atoms with Crippen molar-refractivity contribution in [3.05, 3.63) is 88.5 Å². The number of aliphatic hydroxyl groups is 1. The van der Waals surface area contributed by atoms with Crippen LogP contribution in [0.3, 0.4) is 0 Å². The van der Waals surface area contributed by atoms with Crippen molar-refractivity contribution in [1.82, 2.24) is 4.90 Å². The highest BCUT2D eigenvalue weighted by Crippen LogP contribution is 2.34. The molecule has 0 amide bonds. The Morgan fingerprint density at radius 3 is 2.66 bits per heavy atom. The Balaban J connectivity index is 1.40. The summed E-state index contributed by atoms with van der Waals surface area (Å²) in [6.07, 6.45) is 3.86. The number of methoxy groups -OCH3 is 1. The molecule has 0 aromatic heterocycles. The minimum atomic E-state index is -0.524. The lowest BCUT2D eigenvalue weighted by Gasteiger charge is -2.28. The first-order valence-corrected chi connectivity index (χ1v) is 10.4. The topological polar surface area (TPSA) is 32.7 Å². The lowest BCUT2D eigenvalue weighted by atomic mass is 9.98. The summed E-state index contributed by atoms with van der Waals surface area (Å²) in [5.74, 6) is 0.666. The zero-order valence-electron chi connectivity index (χ0n) is 16.6. The molecule has 4 heteroatoms. The van der Waals surface area contributed by atoms with E-state index < -0.39 is 6.10 Å². The summed E-state index contributed by atoms with van der Waals surface area (Å²) >= 11 is 6.40. The van der Waals surface area contributed by atoms with Crippen LogP contribution in [0.4, 0.5) is 0 Å². The van der Waals surface area contributed by atoms with Gasteiger partial charge in [0.25, 0.3) is 0 Å². The monoisotopic (exact) mass is 407 g/mol. The summed E-state index contributed by atoms with van der Waals surface area (Å²) in [6, 6.07) is 20.4. The van der Waals surface area contributed by atoms with E-state index >= 15 is 0 Å². The molecule has 0 saturated carbocycles. The standard InChI is InChI=1S/C25H26ClNO2/c1-29-24-10-8-20-16-21(7-9-22(20)25(24)26)23(28)17-27-13-11-19(12-14-27)15-18-5-3-2-4-6-18/h2-11,16,23,28H,12-15,17H2,1H3. The molecule has 0 spiro atoms. The molecule has 0 fully saturated rings. The molecule has 3 aromatic carbocycles. The summed E-state index contributed by atoms with van der Waals surface area (Å²) in [4.78, 5) is 2.31. The molecule has 4 rings (SSSR count). The summed E-state index contributed by atoms with van der Waals surface area (Å²) in [6.45, 7) is 2.49. The average molecular weight is 408 g/mol. The minimum absolute atomic E-state index is 0.524. The molecular weight excluding hydrogens is 382 g/mol. The van der Waals surface area contributed by atoms with Crippen molar-refractivity contribution < 1.29 is 9.84 Å². The van der Waals surface area contributed by atoms with Gasteiger partial charge in [-0.15, -0.1) is 0 Å². The maximum atomic E-state index is 10.8. The van der Waals surface area contributed by atoms with Gasteiger partial charge in [0.1, 0.15) is 5.75 Å². The third-order valence-electron chi connectivity index (χ3n) is 5.64. The molecule has 1 heterocycles. The molecule has 3 nitrogen and oxygen atoms in total. The van der Waals surface area contributed by atoms with E-state index in [0.717, 1.165) is 42.3 Å². The summed E-state index contributed by atoms with van der Waals surface area (Å²) in [5.41, 5.74) is 3.76. The van der Waals surface area contributed by atoms with Crippen molar-refractivity contribution >= 4 is 22.4 Å². The van der Waals surface area contributed by atoms with E-state index in [4.69, 9.17) is 16.3 Å². The van der Waals surface area contributed by atoms with E-state index in [1.807, 2.05) is 30.3 Å². The van der Waals surface area contributed by atoms with Crippen molar-refractivity contribution in [2.45, 2.75) is 18.9 Å². The van der Waals surface area contributed by atoms with Crippen molar-refractivity contribution in [2.75, 3.05) is 26.7 Å². The normalized spacial score (nSPS) is 15.9. The Labute approximate surface area is 177 Å². The fourth-order valence-electron chi connectivity index (χ4n) is 3.94.